The van der Waals surface area contributed by atoms with Gasteiger partial charge in [0, 0.05) is 17.6 Å². The van der Waals surface area contributed by atoms with Gasteiger partial charge in [0.1, 0.15) is 17.2 Å². The van der Waals surface area contributed by atoms with Crippen LogP contribution in [0.3, 0.4) is 0 Å². The second-order valence-electron chi connectivity index (χ2n) is 4.63. The summed E-state index contributed by atoms with van der Waals surface area (Å²) in [5.74, 6) is 0.515. The van der Waals surface area contributed by atoms with Crippen molar-refractivity contribution in [1.82, 2.24) is 0 Å². The topological polar surface area (TPSA) is 51.2 Å². The van der Waals surface area contributed by atoms with Gasteiger partial charge < -0.3 is 15.5 Å². The molecule has 0 aliphatic heterocycles. The quantitative estimate of drug-likeness (QED) is 0.760. The zero-order chi connectivity index (χ0) is 13.9. The fraction of sp³-hybridized carbons (Fsp3) is 0.125. The molecule has 0 saturated heterocycles. The van der Waals surface area contributed by atoms with Crippen molar-refractivity contribution < 1.29 is 8.81 Å². The molecular formula is C16H15FN2O. The van der Waals surface area contributed by atoms with Gasteiger partial charge in [0.25, 0.3) is 0 Å². The maximum Gasteiger partial charge on any atom is 0.134 e. The molecule has 20 heavy (non-hydrogen) atoms. The average Bonchev–Trinajstić information content (AvgIpc) is 2.90. The lowest BCUT2D eigenvalue weighted by Crippen LogP contribution is -2.20. The van der Waals surface area contributed by atoms with Gasteiger partial charge in [-0.25, -0.2) is 4.39 Å². The summed E-state index contributed by atoms with van der Waals surface area (Å²) >= 11 is 0. The normalized spacial score (nSPS) is 12.5. The molecule has 4 heteroatoms. The Morgan fingerprint density at radius 2 is 1.85 bits per heavy atom. The van der Waals surface area contributed by atoms with Crippen LogP contribution in [0.4, 0.5) is 10.1 Å². The number of halogens is 1. The van der Waals surface area contributed by atoms with E-state index < -0.39 is 0 Å². The van der Waals surface area contributed by atoms with Gasteiger partial charge in [-0.3, -0.25) is 0 Å². The third kappa shape index (κ3) is 2.51. The fourth-order valence-corrected chi connectivity index (χ4v) is 2.17. The van der Waals surface area contributed by atoms with Crippen LogP contribution >= 0.6 is 0 Å². The standard InChI is InChI=1S/C16H15FN2O/c17-12-5-7-13(8-6-12)19-14(10-18)16-9-11-3-1-2-4-15(11)20-16/h1-9,14,19H,10,18H2. The molecule has 3 rings (SSSR count). The van der Waals surface area contributed by atoms with Crippen LogP contribution in [0.5, 0.6) is 0 Å². The molecule has 0 fully saturated rings. The summed E-state index contributed by atoms with van der Waals surface area (Å²) in [6.07, 6.45) is 0. The number of nitrogens with one attached hydrogen (secondary N) is 1. The van der Waals surface area contributed by atoms with Crippen LogP contribution in [-0.4, -0.2) is 6.54 Å². The van der Waals surface area contributed by atoms with Crippen molar-refractivity contribution in [2.75, 3.05) is 11.9 Å². The van der Waals surface area contributed by atoms with Crippen molar-refractivity contribution >= 4 is 16.7 Å². The predicted molar refractivity (Wildman–Crippen MR) is 78.0 cm³/mol. The van der Waals surface area contributed by atoms with Gasteiger partial charge in [0.05, 0.1) is 6.04 Å². The summed E-state index contributed by atoms with van der Waals surface area (Å²) in [7, 11) is 0. The minimum atomic E-state index is -0.261. The second-order valence-corrected chi connectivity index (χ2v) is 4.63. The minimum absolute atomic E-state index is 0.145. The molecule has 0 radical (unpaired) electrons. The van der Waals surface area contributed by atoms with E-state index in [9.17, 15) is 4.39 Å². The van der Waals surface area contributed by atoms with Gasteiger partial charge >= 0.3 is 0 Å². The molecule has 0 aliphatic carbocycles. The first-order valence-corrected chi connectivity index (χ1v) is 6.47. The van der Waals surface area contributed by atoms with E-state index in [0.717, 1.165) is 22.4 Å². The molecule has 1 unspecified atom stereocenters. The number of furan rings is 1. The summed E-state index contributed by atoms with van der Waals surface area (Å²) in [5.41, 5.74) is 7.45. The summed E-state index contributed by atoms with van der Waals surface area (Å²) in [4.78, 5) is 0. The van der Waals surface area contributed by atoms with Crippen LogP contribution < -0.4 is 11.1 Å². The lowest BCUT2D eigenvalue weighted by atomic mass is 10.2. The molecule has 0 saturated carbocycles. The lowest BCUT2D eigenvalue weighted by molar-refractivity contribution is 0.514. The largest absolute Gasteiger partial charge is 0.459 e. The van der Waals surface area contributed by atoms with Crippen LogP contribution in [0.25, 0.3) is 11.0 Å². The molecule has 3 N–H and O–H groups in total. The van der Waals surface area contributed by atoms with Crippen molar-refractivity contribution in [3.8, 4) is 0 Å². The van der Waals surface area contributed by atoms with Gasteiger partial charge in [0.15, 0.2) is 0 Å². The molecule has 1 atom stereocenters. The highest BCUT2D eigenvalue weighted by Crippen LogP contribution is 2.26. The molecule has 0 spiro atoms. The minimum Gasteiger partial charge on any atom is -0.459 e. The molecule has 1 aromatic heterocycles. The summed E-state index contributed by atoms with van der Waals surface area (Å²) in [6.45, 7) is 0.386. The predicted octanol–water partition coefficient (Wildman–Crippen LogP) is 3.68. The van der Waals surface area contributed by atoms with E-state index in [1.54, 1.807) is 12.1 Å². The molecular weight excluding hydrogens is 255 g/mol. The number of anilines is 1. The van der Waals surface area contributed by atoms with Crippen LogP contribution in [0.2, 0.25) is 0 Å². The van der Waals surface area contributed by atoms with Crippen molar-refractivity contribution in [2.45, 2.75) is 6.04 Å². The number of hydrogen-bond donors (Lipinski definition) is 2. The summed E-state index contributed by atoms with van der Waals surface area (Å²) < 4.78 is 18.7. The SMILES string of the molecule is NCC(Nc1ccc(F)cc1)c1cc2ccccc2o1. The lowest BCUT2D eigenvalue weighted by Gasteiger charge is -2.15. The maximum atomic E-state index is 12.9. The van der Waals surface area contributed by atoms with Crippen molar-refractivity contribution in [1.29, 1.82) is 0 Å². The monoisotopic (exact) mass is 270 g/mol. The number of hydrogen-bond acceptors (Lipinski definition) is 3. The molecule has 102 valence electrons. The molecule has 3 aromatic rings. The van der Waals surface area contributed by atoms with Gasteiger partial charge in [0.2, 0.25) is 0 Å². The number of para-hydroxylation sites is 1. The highest BCUT2D eigenvalue weighted by molar-refractivity contribution is 5.77. The first-order valence-electron chi connectivity index (χ1n) is 6.47. The molecule has 0 aliphatic rings. The van der Waals surface area contributed by atoms with Crippen molar-refractivity contribution in [3.63, 3.8) is 0 Å². The van der Waals surface area contributed by atoms with E-state index in [-0.39, 0.29) is 11.9 Å². The Kier molecular flexibility index (Phi) is 3.39. The van der Waals surface area contributed by atoms with Gasteiger partial charge in [-0.05, 0) is 36.4 Å². The summed E-state index contributed by atoms with van der Waals surface area (Å²) in [5, 5.41) is 4.29. The third-order valence-electron chi connectivity index (χ3n) is 3.21. The molecule has 0 amide bonds. The first-order chi connectivity index (χ1) is 9.76. The Bertz CT molecular complexity index is 673. The van der Waals surface area contributed by atoms with E-state index in [1.165, 1.54) is 12.1 Å². The van der Waals surface area contributed by atoms with E-state index >= 15 is 0 Å². The molecule has 0 bridgehead atoms. The van der Waals surface area contributed by atoms with E-state index in [2.05, 4.69) is 5.32 Å². The smallest absolute Gasteiger partial charge is 0.134 e. The second kappa shape index (κ2) is 5.35. The van der Waals surface area contributed by atoms with Crippen molar-refractivity contribution in [3.05, 3.63) is 66.2 Å². The van der Waals surface area contributed by atoms with Crippen LogP contribution in [0.15, 0.2) is 59.0 Å². The number of nitrogens with two attached hydrogens (primary N) is 1. The molecule has 3 nitrogen and oxygen atoms in total. The number of rotatable bonds is 4. The van der Waals surface area contributed by atoms with Crippen LogP contribution in [0, 0.1) is 5.82 Å². The van der Waals surface area contributed by atoms with Gasteiger partial charge in [-0.2, -0.15) is 0 Å². The maximum absolute atomic E-state index is 12.9. The fourth-order valence-electron chi connectivity index (χ4n) is 2.17. The third-order valence-corrected chi connectivity index (χ3v) is 3.21. The van der Waals surface area contributed by atoms with Crippen molar-refractivity contribution in [2.24, 2.45) is 5.73 Å². The van der Waals surface area contributed by atoms with Crippen LogP contribution in [-0.2, 0) is 0 Å². The Balaban J connectivity index is 1.87. The van der Waals surface area contributed by atoms with Gasteiger partial charge in [-0.1, -0.05) is 18.2 Å². The highest BCUT2D eigenvalue weighted by atomic mass is 19.1. The average molecular weight is 270 g/mol. The Morgan fingerprint density at radius 3 is 2.55 bits per heavy atom. The van der Waals surface area contributed by atoms with E-state index in [4.69, 9.17) is 10.2 Å². The highest BCUT2D eigenvalue weighted by Gasteiger charge is 2.14. The Hall–Kier alpha value is -2.33. The zero-order valence-corrected chi connectivity index (χ0v) is 10.8. The molecule has 1 heterocycles. The van der Waals surface area contributed by atoms with Gasteiger partial charge in [-0.15, -0.1) is 0 Å². The zero-order valence-electron chi connectivity index (χ0n) is 10.8. The number of fused-ring (bicyclic) bond motifs is 1. The van der Waals surface area contributed by atoms with Crippen LogP contribution in [0.1, 0.15) is 11.8 Å². The Labute approximate surface area is 116 Å². The first kappa shape index (κ1) is 12.7. The molecule has 2 aromatic carbocycles. The Morgan fingerprint density at radius 1 is 1.10 bits per heavy atom. The summed E-state index contributed by atoms with van der Waals surface area (Å²) in [6, 6.07) is 15.8. The van der Waals surface area contributed by atoms with E-state index in [0.29, 0.717) is 6.54 Å². The van der Waals surface area contributed by atoms with E-state index in [1.807, 2.05) is 30.3 Å². The number of benzene rings is 2.